The number of benzene rings is 2. The molecule has 0 spiro atoms. The van der Waals surface area contributed by atoms with E-state index in [2.05, 4.69) is 15.3 Å². The van der Waals surface area contributed by atoms with E-state index < -0.39 is 5.91 Å². The fraction of sp³-hybridized carbons (Fsp3) is 0.0455. The van der Waals surface area contributed by atoms with Crippen molar-refractivity contribution in [2.45, 2.75) is 0 Å². The molecule has 2 aromatic carbocycles. The smallest absolute Gasteiger partial charge is 0.250 e. The average Bonchev–Trinajstić information content (AvgIpc) is 3.16. The zero-order valence-corrected chi connectivity index (χ0v) is 16.4. The number of ether oxygens (including phenoxy) is 1. The Morgan fingerprint density at radius 3 is 2.73 bits per heavy atom. The van der Waals surface area contributed by atoms with Crippen LogP contribution in [0.25, 0.3) is 10.9 Å². The minimum Gasteiger partial charge on any atom is -0.456 e. The molecule has 4 rings (SSSR count). The lowest BCUT2D eigenvalue weighted by Gasteiger charge is -2.10. The van der Waals surface area contributed by atoms with Gasteiger partial charge < -0.3 is 20.8 Å². The summed E-state index contributed by atoms with van der Waals surface area (Å²) in [6, 6.07) is 13.7. The number of hydrogen-bond donors (Lipinski definition) is 3. The van der Waals surface area contributed by atoms with Gasteiger partial charge in [-0.3, -0.25) is 14.6 Å². The van der Waals surface area contributed by atoms with Gasteiger partial charge in [0.2, 0.25) is 0 Å². The first kappa shape index (κ1) is 19.5. The summed E-state index contributed by atoms with van der Waals surface area (Å²) in [5.74, 6) is 0.479. The zero-order valence-electron chi connectivity index (χ0n) is 15.7. The lowest BCUT2D eigenvalue weighted by molar-refractivity contribution is 0.0992. The van der Waals surface area contributed by atoms with Gasteiger partial charge in [0.25, 0.3) is 5.91 Å². The molecule has 8 heteroatoms. The second kappa shape index (κ2) is 8.26. The van der Waals surface area contributed by atoms with Crippen molar-refractivity contribution in [1.82, 2.24) is 9.97 Å². The number of ketones is 1. The quantitative estimate of drug-likeness (QED) is 0.384. The summed E-state index contributed by atoms with van der Waals surface area (Å²) >= 11 is 5.91. The molecule has 0 unspecified atom stereocenters. The van der Waals surface area contributed by atoms with Crippen molar-refractivity contribution in [2.75, 3.05) is 11.9 Å². The van der Waals surface area contributed by atoms with Crippen LogP contribution in [0.4, 0.5) is 5.69 Å². The predicted molar refractivity (Wildman–Crippen MR) is 115 cm³/mol. The lowest BCUT2D eigenvalue weighted by atomic mass is 10.1. The first-order chi connectivity index (χ1) is 14.5. The van der Waals surface area contributed by atoms with Crippen LogP contribution in [0.2, 0.25) is 5.02 Å². The molecule has 0 saturated heterocycles. The molecule has 0 aliphatic heterocycles. The van der Waals surface area contributed by atoms with Gasteiger partial charge in [0, 0.05) is 45.6 Å². The van der Waals surface area contributed by atoms with E-state index in [0.717, 1.165) is 10.9 Å². The molecule has 7 nitrogen and oxygen atoms in total. The van der Waals surface area contributed by atoms with E-state index in [4.69, 9.17) is 22.1 Å². The monoisotopic (exact) mass is 420 g/mol. The van der Waals surface area contributed by atoms with E-state index in [-0.39, 0.29) is 17.9 Å². The third-order valence-corrected chi connectivity index (χ3v) is 4.75. The summed E-state index contributed by atoms with van der Waals surface area (Å²) in [4.78, 5) is 31.5. The highest BCUT2D eigenvalue weighted by molar-refractivity contribution is 6.31. The Hall–Kier alpha value is -3.84. The zero-order chi connectivity index (χ0) is 21.1. The third kappa shape index (κ3) is 4.11. The summed E-state index contributed by atoms with van der Waals surface area (Å²) in [6.07, 6.45) is 4.94. The fourth-order valence-corrected chi connectivity index (χ4v) is 3.26. The molecule has 4 aromatic rings. The Morgan fingerprint density at radius 2 is 1.97 bits per heavy atom. The van der Waals surface area contributed by atoms with Crippen LogP contribution in [0.3, 0.4) is 0 Å². The van der Waals surface area contributed by atoms with Crippen LogP contribution >= 0.6 is 11.6 Å². The predicted octanol–water partition coefficient (Wildman–Crippen LogP) is 4.40. The Labute approximate surface area is 176 Å². The molecule has 0 fully saturated rings. The van der Waals surface area contributed by atoms with Crippen molar-refractivity contribution >= 4 is 39.9 Å². The number of nitrogens with zero attached hydrogens (tertiary/aromatic N) is 1. The molecular formula is C22H17ClN4O3. The lowest BCUT2D eigenvalue weighted by Crippen LogP contribution is -2.18. The first-order valence-corrected chi connectivity index (χ1v) is 9.44. The standard InChI is InChI=1S/C22H17ClN4O3/c23-13-3-6-19(17(8-13)22(24)29)27-12-21(28)18-11-26-20-9-14(4-5-16(18)20)30-15-2-1-7-25-10-15/h1-11,26-27H,12H2,(H2,24,29). The summed E-state index contributed by atoms with van der Waals surface area (Å²) in [5.41, 5.74) is 7.36. The van der Waals surface area contributed by atoms with Crippen molar-refractivity contribution in [3.63, 3.8) is 0 Å². The molecule has 0 saturated carbocycles. The van der Waals surface area contributed by atoms with Crippen molar-refractivity contribution in [3.05, 3.63) is 83.3 Å². The second-order valence-electron chi connectivity index (χ2n) is 6.53. The summed E-state index contributed by atoms with van der Waals surface area (Å²) in [7, 11) is 0. The molecular weight excluding hydrogens is 404 g/mol. The number of H-pyrrole nitrogens is 1. The fourth-order valence-electron chi connectivity index (χ4n) is 3.09. The number of amides is 1. The van der Waals surface area contributed by atoms with Gasteiger partial charge in [0.1, 0.15) is 11.5 Å². The highest BCUT2D eigenvalue weighted by Crippen LogP contribution is 2.27. The number of nitrogens with two attached hydrogens (primary N) is 1. The van der Waals surface area contributed by atoms with Crippen LogP contribution in [-0.4, -0.2) is 28.2 Å². The number of hydrogen-bond acceptors (Lipinski definition) is 5. The summed E-state index contributed by atoms with van der Waals surface area (Å²) < 4.78 is 5.77. The number of primary amides is 1. The first-order valence-electron chi connectivity index (χ1n) is 9.07. The number of fused-ring (bicyclic) bond motifs is 1. The third-order valence-electron chi connectivity index (χ3n) is 4.51. The van der Waals surface area contributed by atoms with Gasteiger partial charge in [-0.15, -0.1) is 0 Å². The number of nitrogens with one attached hydrogen (secondary N) is 2. The van der Waals surface area contributed by atoms with Gasteiger partial charge in [-0.1, -0.05) is 11.6 Å². The van der Waals surface area contributed by atoms with Crippen LogP contribution in [0, 0.1) is 0 Å². The van der Waals surface area contributed by atoms with Crippen LogP contribution in [0.5, 0.6) is 11.5 Å². The molecule has 4 N–H and O–H groups in total. The maximum absolute atomic E-state index is 12.8. The molecule has 0 aliphatic rings. The number of halogens is 1. The van der Waals surface area contributed by atoms with E-state index in [9.17, 15) is 9.59 Å². The molecule has 0 bridgehead atoms. The molecule has 2 heterocycles. The van der Waals surface area contributed by atoms with Crippen LogP contribution in [0.1, 0.15) is 20.7 Å². The largest absolute Gasteiger partial charge is 0.456 e. The van der Waals surface area contributed by atoms with Crippen LogP contribution < -0.4 is 15.8 Å². The number of rotatable bonds is 7. The molecule has 30 heavy (non-hydrogen) atoms. The number of Topliss-reactive ketones (excluding diaryl/α,β-unsaturated/α-hetero) is 1. The molecule has 0 radical (unpaired) electrons. The molecule has 0 aliphatic carbocycles. The minimum absolute atomic E-state index is 0.0111. The van der Waals surface area contributed by atoms with E-state index >= 15 is 0 Å². The number of carbonyl (C=O) groups excluding carboxylic acids is 2. The van der Waals surface area contributed by atoms with E-state index in [1.807, 2.05) is 18.2 Å². The summed E-state index contributed by atoms with van der Waals surface area (Å²) in [5, 5.41) is 4.12. The Balaban J connectivity index is 1.51. The van der Waals surface area contributed by atoms with Crippen molar-refractivity contribution in [2.24, 2.45) is 5.73 Å². The highest BCUT2D eigenvalue weighted by atomic mass is 35.5. The number of carbonyl (C=O) groups is 2. The van der Waals surface area contributed by atoms with Gasteiger partial charge in [-0.2, -0.15) is 0 Å². The number of aromatic nitrogens is 2. The van der Waals surface area contributed by atoms with Crippen molar-refractivity contribution in [1.29, 1.82) is 0 Å². The summed E-state index contributed by atoms with van der Waals surface area (Å²) in [6.45, 7) is -0.0111. The van der Waals surface area contributed by atoms with Gasteiger partial charge in [0.05, 0.1) is 18.3 Å². The minimum atomic E-state index is -0.624. The number of aromatic amines is 1. The van der Waals surface area contributed by atoms with Crippen molar-refractivity contribution < 1.29 is 14.3 Å². The van der Waals surface area contributed by atoms with E-state index in [1.54, 1.807) is 42.9 Å². The van der Waals surface area contributed by atoms with Crippen LogP contribution in [0.15, 0.2) is 67.1 Å². The normalized spacial score (nSPS) is 10.7. The Bertz CT molecular complexity index is 1240. The van der Waals surface area contributed by atoms with Gasteiger partial charge in [-0.05, 0) is 42.5 Å². The molecule has 2 aromatic heterocycles. The van der Waals surface area contributed by atoms with Gasteiger partial charge in [-0.25, -0.2) is 0 Å². The average molecular weight is 421 g/mol. The van der Waals surface area contributed by atoms with Crippen LogP contribution in [-0.2, 0) is 0 Å². The highest BCUT2D eigenvalue weighted by Gasteiger charge is 2.15. The van der Waals surface area contributed by atoms with Crippen molar-refractivity contribution in [3.8, 4) is 11.5 Å². The second-order valence-corrected chi connectivity index (χ2v) is 6.97. The van der Waals surface area contributed by atoms with E-state index in [1.165, 1.54) is 6.07 Å². The number of pyridine rings is 1. The molecule has 0 atom stereocenters. The molecule has 1 amide bonds. The topological polar surface area (TPSA) is 110 Å². The van der Waals surface area contributed by atoms with Gasteiger partial charge >= 0.3 is 0 Å². The Morgan fingerprint density at radius 1 is 1.10 bits per heavy atom. The number of anilines is 1. The molecule has 150 valence electrons. The SMILES string of the molecule is NC(=O)c1cc(Cl)ccc1NCC(=O)c1c[nH]c2cc(Oc3cccnc3)ccc12. The maximum Gasteiger partial charge on any atom is 0.250 e. The maximum atomic E-state index is 12.8. The Kier molecular flexibility index (Phi) is 5.36. The van der Waals surface area contributed by atoms with Gasteiger partial charge in [0.15, 0.2) is 5.78 Å². The van der Waals surface area contributed by atoms with E-state index in [0.29, 0.717) is 27.8 Å².